The number of aryl methyl sites for hydroxylation is 1. The maximum Gasteiger partial charge on any atom is 0.270 e. The Bertz CT molecular complexity index is 1460. The number of aromatic amines is 1. The second-order valence-corrected chi connectivity index (χ2v) is 8.88. The van der Waals surface area contributed by atoms with E-state index in [1.807, 2.05) is 19.1 Å². The number of rotatable bonds is 6. The zero-order chi connectivity index (χ0) is 26.1. The molecule has 2 aromatic heterocycles. The molecule has 1 fully saturated rings. The summed E-state index contributed by atoms with van der Waals surface area (Å²) in [6.07, 6.45) is 2.17. The van der Waals surface area contributed by atoms with Crippen LogP contribution in [0.15, 0.2) is 48.7 Å². The SMILES string of the molecule is CCc1cc(-c2ccc(F)cc2OC)c2cc(C(=O)N3CCN(c4ncccc4OC)CC3)[nH]c2c1F. The monoisotopic (exact) mass is 506 g/mol. The van der Waals surface area contributed by atoms with Gasteiger partial charge < -0.3 is 24.3 Å². The number of methoxy groups -OCH3 is 2. The first-order valence-corrected chi connectivity index (χ1v) is 12.2. The first-order valence-electron chi connectivity index (χ1n) is 12.2. The molecule has 0 radical (unpaired) electrons. The van der Waals surface area contributed by atoms with E-state index in [0.717, 1.165) is 5.82 Å². The molecule has 0 saturated carbocycles. The Morgan fingerprint density at radius 2 is 1.76 bits per heavy atom. The van der Waals surface area contributed by atoms with Crippen molar-refractivity contribution in [2.24, 2.45) is 0 Å². The fourth-order valence-corrected chi connectivity index (χ4v) is 4.87. The number of carbonyl (C=O) groups is 1. The summed E-state index contributed by atoms with van der Waals surface area (Å²) in [5.41, 5.74) is 2.34. The summed E-state index contributed by atoms with van der Waals surface area (Å²) in [6, 6.07) is 11.3. The predicted molar refractivity (Wildman–Crippen MR) is 138 cm³/mol. The number of benzene rings is 2. The average molecular weight is 507 g/mol. The minimum Gasteiger partial charge on any atom is -0.496 e. The Balaban J connectivity index is 1.47. The number of nitrogens with one attached hydrogen (secondary N) is 1. The van der Waals surface area contributed by atoms with Gasteiger partial charge in [-0.05, 0) is 53.9 Å². The third kappa shape index (κ3) is 4.45. The summed E-state index contributed by atoms with van der Waals surface area (Å²) in [5.74, 6) is 0.734. The maximum atomic E-state index is 15.4. The van der Waals surface area contributed by atoms with Gasteiger partial charge in [0.2, 0.25) is 0 Å². The number of aromatic nitrogens is 2. The molecule has 7 nitrogen and oxygen atoms in total. The summed E-state index contributed by atoms with van der Waals surface area (Å²) in [4.78, 5) is 24.7. The molecule has 0 spiro atoms. The fraction of sp³-hybridized carbons (Fsp3) is 0.286. The van der Waals surface area contributed by atoms with E-state index >= 15 is 4.39 Å². The average Bonchev–Trinajstić information content (AvgIpc) is 3.39. The number of piperazine rings is 1. The van der Waals surface area contributed by atoms with Crippen molar-refractivity contribution in [3.63, 3.8) is 0 Å². The van der Waals surface area contributed by atoms with Crippen molar-refractivity contribution < 1.29 is 23.0 Å². The number of H-pyrrole nitrogens is 1. The molecular weight excluding hydrogens is 478 g/mol. The van der Waals surface area contributed by atoms with Crippen LogP contribution in [0.3, 0.4) is 0 Å². The third-order valence-electron chi connectivity index (χ3n) is 6.83. The molecule has 0 bridgehead atoms. The quantitative estimate of drug-likeness (QED) is 0.396. The molecule has 1 amide bonds. The van der Waals surface area contributed by atoms with Crippen LogP contribution < -0.4 is 14.4 Å². The van der Waals surface area contributed by atoms with Crippen molar-refractivity contribution in [3.8, 4) is 22.6 Å². The summed E-state index contributed by atoms with van der Waals surface area (Å²) < 4.78 is 40.1. The molecule has 1 aliphatic heterocycles. The van der Waals surface area contributed by atoms with Crippen LogP contribution in [-0.2, 0) is 6.42 Å². The van der Waals surface area contributed by atoms with E-state index in [1.165, 1.54) is 19.2 Å². The van der Waals surface area contributed by atoms with Gasteiger partial charge in [0.25, 0.3) is 5.91 Å². The van der Waals surface area contributed by atoms with Gasteiger partial charge in [0.15, 0.2) is 11.6 Å². The van der Waals surface area contributed by atoms with Gasteiger partial charge in [-0.1, -0.05) is 6.92 Å². The van der Waals surface area contributed by atoms with Gasteiger partial charge in [-0.15, -0.1) is 0 Å². The molecule has 2 aromatic carbocycles. The van der Waals surface area contributed by atoms with E-state index in [0.29, 0.717) is 71.9 Å². The first-order chi connectivity index (χ1) is 17.9. The Hall–Kier alpha value is -4.14. The van der Waals surface area contributed by atoms with Crippen LogP contribution in [0.25, 0.3) is 22.0 Å². The topological polar surface area (TPSA) is 70.7 Å². The zero-order valence-corrected chi connectivity index (χ0v) is 21.0. The number of hydrogen-bond acceptors (Lipinski definition) is 5. The minimum absolute atomic E-state index is 0.210. The highest BCUT2D eigenvalue weighted by Gasteiger charge is 2.27. The predicted octanol–water partition coefficient (Wildman–Crippen LogP) is 5.05. The van der Waals surface area contributed by atoms with Crippen molar-refractivity contribution in [3.05, 3.63) is 71.6 Å². The van der Waals surface area contributed by atoms with E-state index in [-0.39, 0.29) is 11.4 Å². The van der Waals surface area contributed by atoms with E-state index in [9.17, 15) is 9.18 Å². The standard InChI is InChI=1S/C28H28F2N4O3/c1-4-17-14-20(19-8-7-18(29)15-24(19)37-3)21-16-22(32-26(21)25(17)30)28(35)34-12-10-33(11-13-34)27-23(36-2)6-5-9-31-27/h5-9,14-16,32H,4,10-13H2,1-3H3. The van der Waals surface area contributed by atoms with Crippen molar-refractivity contribution in [2.45, 2.75) is 13.3 Å². The molecule has 37 heavy (non-hydrogen) atoms. The van der Waals surface area contributed by atoms with E-state index in [1.54, 1.807) is 36.4 Å². The molecule has 1 N–H and O–H groups in total. The maximum absolute atomic E-state index is 15.4. The van der Waals surface area contributed by atoms with E-state index in [4.69, 9.17) is 9.47 Å². The summed E-state index contributed by atoms with van der Waals surface area (Å²) >= 11 is 0. The Labute approximate surface area is 213 Å². The number of nitrogens with zero attached hydrogens (tertiary/aromatic N) is 3. The van der Waals surface area contributed by atoms with Crippen LogP contribution in [0.2, 0.25) is 0 Å². The summed E-state index contributed by atoms with van der Waals surface area (Å²) in [6.45, 7) is 4.00. The number of pyridine rings is 1. The lowest BCUT2D eigenvalue weighted by Crippen LogP contribution is -2.49. The molecule has 0 unspecified atom stereocenters. The highest BCUT2D eigenvalue weighted by atomic mass is 19.1. The lowest BCUT2D eigenvalue weighted by Gasteiger charge is -2.35. The number of amides is 1. The summed E-state index contributed by atoms with van der Waals surface area (Å²) in [5, 5.41) is 0.541. The largest absolute Gasteiger partial charge is 0.496 e. The lowest BCUT2D eigenvalue weighted by atomic mass is 9.96. The molecule has 1 aliphatic rings. The Morgan fingerprint density at radius 1 is 1.00 bits per heavy atom. The summed E-state index contributed by atoms with van der Waals surface area (Å²) in [7, 11) is 3.07. The first kappa shape index (κ1) is 24.5. The van der Waals surface area contributed by atoms with Crippen LogP contribution in [0.5, 0.6) is 11.5 Å². The van der Waals surface area contributed by atoms with Crippen LogP contribution >= 0.6 is 0 Å². The lowest BCUT2D eigenvalue weighted by molar-refractivity contribution is 0.0741. The minimum atomic E-state index is -0.429. The molecular formula is C28H28F2N4O3. The van der Waals surface area contributed by atoms with Gasteiger partial charge in [-0.2, -0.15) is 0 Å². The van der Waals surface area contributed by atoms with Gasteiger partial charge in [0.1, 0.15) is 23.1 Å². The third-order valence-corrected chi connectivity index (χ3v) is 6.83. The van der Waals surface area contributed by atoms with Crippen molar-refractivity contribution in [1.29, 1.82) is 0 Å². The number of hydrogen-bond donors (Lipinski definition) is 1. The van der Waals surface area contributed by atoms with Crippen molar-refractivity contribution in [1.82, 2.24) is 14.9 Å². The molecule has 3 heterocycles. The fourth-order valence-electron chi connectivity index (χ4n) is 4.87. The number of ether oxygens (including phenoxy) is 2. The van der Waals surface area contributed by atoms with E-state index in [2.05, 4.69) is 14.9 Å². The second-order valence-electron chi connectivity index (χ2n) is 8.88. The molecule has 0 atom stereocenters. The Kier molecular flexibility index (Phi) is 6.69. The molecule has 9 heteroatoms. The van der Waals surface area contributed by atoms with Gasteiger partial charge in [0.05, 0.1) is 19.7 Å². The Morgan fingerprint density at radius 3 is 2.46 bits per heavy atom. The van der Waals surface area contributed by atoms with Crippen LogP contribution in [-0.4, -0.2) is 61.2 Å². The van der Waals surface area contributed by atoms with Gasteiger partial charge in [-0.3, -0.25) is 4.79 Å². The van der Waals surface area contributed by atoms with Crippen molar-refractivity contribution >= 4 is 22.6 Å². The molecule has 1 saturated heterocycles. The van der Waals surface area contributed by atoms with Gasteiger partial charge in [0, 0.05) is 49.4 Å². The number of carbonyl (C=O) groups excluding carboxylic acids is 1. The zero-order valence-electron chi connectivity index (χ0n) is 21.0. The van der Waals surface area contributed by atoms with Crippen LogP contribution in [0, 0.1) is 11.6 Å². The number of fused-ring (bicyclic) bond motifs is 1. The highest BCUT2D eigenvalue weighted by molar-refractivity contribution is 6.04. The molecule has 4 aromatic rings. The normalized spacial score (nSPS) is 13.8. The van der Waals surface area contributed by atoms with E-state index < -0.39 is 11.6 Å². The van der Waals surface area contributed by atoms with Gasteiger partial charge in [-0.25, -0.2) is 13.8 Å². The smallest absolute Gasteiger partial charge is 0.270 e. The second kappa shape index (κ2) is 10.1. The van der Waals surface area contributed by atoms with Crippen LogP contribution in [0.4, 0.5) is 14.6 Å². The van der Waals surface area contributed by atoms with Crippen molar-refractivity contribution in [2.75, 3.05) is 45.3 Å². The molecule has 5 rings (SSSR count). The molecule has 0 aliphatic carbocycles. The number of halogens is 2. The number of anilines is 1. The molecule has 192 valence electrons. The van der Waals surface area contributed by atoms with Crippen LogP contribution in [0.1, 0.15) is 23.0 Å². The van der Waals surface area contributed by atoms with Gasteiger partial charge >= 0.3 is 0 Å². The highest BCUT2D eigenvalue weighted by Crippen LogP contribution is 2.38.